The van der Waals surface area contributed by atoms with Crippen molar-refractivity contribution in [1.82, 2.24) is 4.98 Å². The Morgan fingerprint density at radius 2 is 2.50 bits per heavy atom. The number of hydrogen-bond acceptors (Lipinski definition) is 5. The number of hydroxylamine groups is 1. The Morgan fingerprint density at radius 1 is 1.64 bits per heavy atom. The maximum Gasteiger partial charge on any atom is 0.152 e. The lowest BCUT2D eigenvalue weighted by molar-refractivity contribution is 0.115. The van der Waals surface area contributed by atoms with E-state index in [4.69, 9.17) is 10.1 Å². The summed E-state index contributed by atoms with van der Waals surface area (Å²) in [5.41, 5.74) is 0.508. The molecule has 0 aromatic carbocycles. The smallest absolute Gasteiger partial charge is 0.152 e. The van der Waals surface area contributed by atoms with Gasteiger partial charge in [0.05, 0.1) is 18.2 Å². The number of β-amino-alcohol motifs (C(OH)–C–C–N with tert-alkyl or cyclic N) is 1. The molecule has 0 aliphatic carbocycles. The zero-order valence-electron chi connectivity index (χ0n) is 7.42. The lowest BCUT2D eigenvalue weighted by Gasteiger charge is -2.13. The van der Waals surface area contributed by atoms with Gasteiger partial charge in [-0.3, -0.25) is 4.84 Å². The molecule has 72 valence electrons. The molecule has 0 amide bonds. The molecule has 5 heteroatoms. The van der Waals surface area contributed by atoms with Crippen LogP contribution in [0.3, 0.4) is 0 Å². The SMILES string of the molecule is N#Cc1ccc(N2C[C@@H](O)CO2)nc1. The summed E-state index contributed by atoms with van der Waals surface area (Å²) in [6.45, 7) is 0.709. The maximum atomic E-state index is 9.21. The van der Waals surface area contributed by atoms with E-state index in [1.54, 1.807) is 12.1 Å². The molecule has 0 spiro atoms. The second-order valence-corrected chi connectivity index (χ2v) is 3.03. The van der Waals surface area contributed by atoms with Crippen LogP contribution in [0.2, 0.25) is 0 Å². The fourth-order valence-corrected chi connectivity index (χ4v) is 1.23. The van der Waals surface area contributed by atoms with Gasteiger partial charge in [0.25, 0.3) is 0 Å². The first-order chi connectivity index (χ1) is 6.79. The van der Waals surface area contributed by atoms with Gasteiger partial charge in [-0.25, -0.2) is 10.0 Å². The molecule has 2 heterocycles. The molecule has 0 radical (unpaired) electrons. The highest BCUT2D eigenvalue weighted by Gasteiger charge is 2.22. The second kappa shape index (κ2) is 3.62. The minimum absolute atomic E-state index is 0.293. The van der Waals surface area contributed by atoms with Gasteiger partial charge < -0.3 is 5.11 Å². The summed E-state index contributed by atoms with van der Waals surface area (Å²) in [4.78, 5) is 9.20. The van der Waals surface area contributed by atoms with E-state index in [9.17, 15) is 5.11 Å². The number of aromatic nitrogens is 1. The standard InChI is InChI=1S/C9H9N3O2/c10-3-7-1-2-9(11-4-7)12-5-8(13)6-14-12/h1-2,4,8,13H,5-6H2/t8-/m1/s1. The monoisotopic (exact) mass is 191 g/mol. The topological polar surface area (TPSA) is 69.4 Å². The summed E-state index contributed by atoms with van der Waals surface area (Å²) in [5, 5.41) is 19.3. The van der Waals surface area contributed by atoms with Crippen LogP contribution in [0.25, 0.3) is 0 Å². The number of pyridine rings is 1. The van der Waals surface area contributed by atoms with Crippen molar-refractivity contribution in [1.29, 1.82) is 5.26 Å². The molecule has 2 rings (SSSR count). The van der Waals surface area contributed by atoms with Crippen LogP contribution in [-0.2, 0) is 4.84 Å². The molecule has 1 aliphatic rings. The first-order valence-corrected chi connectivity index (χ1v) is 4.24. The van der Waals surface area contributed by atoms with Crippen LogP contribution in [0.5, 0.6) is 0 Å². The van der Waals surface area contributed by atoms with E-state index in [2.05, 4.69) is 4.98 Å². The van der Waals surface area contributed by atoms with Gasteiger partial charge in [-0.05, 0) is 12.1 Å². The summed E-state index contributed by atoms with van der Waals surface area (Å²) >= 11 is 0. The lowest BCUT2D eigenvalue weighted by atomic mass is 10.3. The van der Waals surface area contributed by atoms with Gasteiger partial charge in [0.2, 0.25) is 0 Å². The minimum Gasteiger partial charge on any atom is -0.389 e. The summed E-state index contributed by atoms with van der Waals surface area (Å²) in [6, 6.07) is 5.34. The molecule has 14 heavy (non-hydrogen) atoms. The average molecular weight is 191 g/mol. The fourth-order valence-electron chi connectivity index (χ4n) is 1.23. The number of rotatable bonds is 1. The molecule has 5 nitrogen and oxygen atoms in total. The highest BCUT2D eigenvalue weighted by Crippen LogP contribution is 2.16. The van der Waals surface area contributed by atoms with Gasteiger partial charge in [0.1, 0.15) is 12.7 Å². The lowest BCUT2D eigenvalue weighted by Crippen LogP contribution is -2.20. The summed E-state index contributed by atoms with van der Waals surface area (Å²) in [6.07, 6.45) is 1.01. The Kier molecular flexibility index (Phi) is 2.31. The summed E-state index contributed by atoms with van der Waals surface area (Å²) < 4.78 is 0. The fraction of sp³-hybridized carbons (Fsp3) is 0.333. The van der Waals surface area contributed by atoms with Crippen LogP contribution in [0.15, 0.2) is 18.3 Å². The normalized spacial score (nSPS) is 20.9. The third-order valence-corrected chi connectivity index (χ3v) is 1.93. The number of nitrogens with zero attached hydrogens (tertiary/aromatic N) is 3. The van der Waals surface area contributed by atoms with Crippen LogP contribution in [0.1, 0.15) is 5.56 Å². The Morgan fingerprint density at radius 3 is 3.00 bits per heavy atom. The van der Waals surface area contributed by atoms with Gasteiger partial charge in [0, 0.05) is 6.20 Å². The summed E-state index contributed by atoms with van der Waals surface area (Å²) in [7, 11) is 0. The molecule has 1 fully saturated rings. The maximum absolute atomic E-state index is 9.21. The molecule has 0 saturated carbocycles. The van der Waals surface area contributed by atoms with E-state index in [0.29, 0.717) is 24.5 Å². The van der Waals surface area contributed by atoms with Gasteiger partial charge >= 0.3 is 0 Å². The van der Waals surface area contributed by atoms with Gasteiger partial charge in [-0.15, -0.1) is 0 Å². The molecule has 1 aliphatic heterocycles. The number of nitriles is 1. The number of aliphatic hydroxyl groups is 1. The second-order valence-electron chi connectivity index (χ2n) is 3.03. The van der Waals surface area contributed by atoms with Crippen molar-refractivity contribution in [3.05, 3.63) is 23.9 Å². The zero-order chi connectivity index (χ0) is 9.97. The van der Waals surface area contributed by atoms with Crippen molar-refractivity contribution >= 4 is 5.82 Å². The molecule has 0 unspecified atom stereocenters. The summed E-state index contributed by atoms with van der Waals surface area (Å²) in [5.74, 6) is 0.612. The van der Waals surface area contributed by atoms with E-state index in [1.165, 1.54) is 11.3 Å². The highest BCUT2D eigenvalue weighted by molar-refractivity contribution is 5.40. The predicted molar refractivity (Wildman–Crippen MR) is 48.3 cm³/mol. The van der Waals surface area contributed by atoms with E-state index in [-0.39, 0.29) is 0 Å². The van der Waals surface area contributed by atoms with Crippen LogP contribution >= 0.6 is 0 Å². The Labute approximate surface area is 81.1 Å². The van der Waals surface area contributed by atoms with Crippen molar-refractivity contribution in [2.45, 2.75) is 6.10 Å². The first-order valence-electron chi connectivity index (χ1n) is 4.24. The zero-order valence-corrected chi connectivity index (χ0v) is 7.42. The molecule has 1 aromatic rings. The van der Waals surface area contributed by atoms with Crippen LogP contribution in [0.4, 0.5) is 5.82 Å². The highest BCUT2D eigenvalue weighted by atomic mass is 16.7. The van der Waals surface area contributed by atoms with E-state index in [1.807, 2.05) is 6.07 Å². The quantitative estimate of drug-likeness (QED) is 0.680. The van der Waals surface area contributed by atoms with Crippen molar-refractivity contribution in [3.63, 3.8) is 0 Å². The molecular weight excluding hydrogens is 182 g/mol. The molecule has 0 bridgehead atoms. The molecule has 1 atom stereocenters. The van der Waals surface area contributed by atoms with E-state index in [0.717, 1.165) is 0 Å². The number of aliphatic hydroxyl groups excluding tert-OH is 1. The van der Waals surface area contributed by atoms with Crippen LogP contribution in [0, 0.1) is 11.3 Å². The van der Waals surface area contributed by atoms with E-state index < -0.39 is 6.10 Å². The van der Waals surface area contributed by atoms with Crippen molar-refractivity contribution in [2.24, 2.45) is 0 Å². The number of hydrogen-bond donors (Lipinski definition) is 1. The third-order valence-electron chi connectivity index (χ3n) is 1.93. The van der Waals surface area contributed by atoms with Crippen LogP contribution < -0.4 is 5.06 Å². The Bertz CT molecular complexity index is 357. The number of anilines is 1. The molecular formula is C9H9N3O2. The third kappa shape index (κ3) is 1.66. The van der Waals surface area contributed by atoms with Crippen molar-refractivity contribution in [3.8, 4) is 6.07 Å². The largest absolute Gasteiger partial charge is 0.389 e. The van der Waals surface area contributed by atoms with E-state index >= 15 is 0 Å². The molecule has 1 aromatic heterocycles. The van der Waals surface area contributed by atoms with Gasteiger partial charge in [-0.1, -0.05) is 0 Å². The first kappa shape index (κ1) is 8.94. The van der Waals surface area contributed by atoms with Crippen molar-refractivity contribution in [2.75, 3.05) is 18.2 Å². The molecule has 1 saturated heterocycles. The average Bonchev–Trinajstić information content (AvgIpc) is 2.65. The van der Waals surface area contributed by atoms with Gasteiger partial charge in [0.15, 0.2) is 5.82 Å². The Hall–Kier alpha value is -1.64. The predicted octanol–water partition coefficient (Wildman–Crippen LogP) is 0.0658. The van der Waals surface area contributed by atoms with Gasteiger partial charge in [-0.2, -0.15) is 5.26 Å². The molecule has 1 N–H and O–H groups in total. The van der Waals surface area contributed by atoms with Crippen molar-refractivity contribution < 1.29 is 9.94 Å². The Balaban J connectivity index is 2.14. The minimum atomic E-state index is -0.465. The van der Waals surface area contributed by atoms with Crippen LogP contribution in [-0.4, -0.2) is 29.3 Å².